The molecule has 0 spiro atoms. The number of carboxylic acids is 1. The first-order chi connectivity index (χ1) is 9.08. The summed E-state index contributed by atoms with van der Waals surface area (Å²) in [5.41, 5.74) is 1.43. The molecule has 19 heavy (non-hydrogen) atoms. The summed E-state index contributed by atoms with van der Waals surface area (Å²) in [6.07, 6.45) is 4.48. The summed E-state index contributed by atoms with van der Waals surface area (Å²) in [7, 11) is 0. The van der Waals surface area contributed by atoms with Crippen molar-refractivity contribution in [2.24, 2.45) is 5.92 Å². The second-order valence-electron chi connectivity index (χ2n) is 4.82. The summed E-state index contributed by atoms with van der Waals surface area (Å²) >= 11 is 0. The zero-order valence-electron chi connectivity index (χ0n) is 9.91. The van der Waals surface area contributed by atoms with Crippen molar-refractivity contribution in [1.82, 2.24) is 0 Å². The smallest absolute Gasteiger partial charge is 0.269 e. The number of rotatable bonds is 2. The van der Waals surface area contributed by atoms with Crippen molar-refractivity contribution in [1.29, 1.82) is 0 Å². The van der Waals surface area contributed by atoms with Gasteiger partial charge < -0.3 is 15.2 Å². The number of fused-ring (bicyclic) bond motifs is 3. The fraction of sp³-hybridized carbons (Fsp3) is 0.308. The van der Waals surface area contributed by atoms with Crippen LogP contribution in [0.25, 0.3) is 0 Å². The van der Waals surface area contributed by atoms with Gasteiger partial charge in [-0.15, -0.1) is 0 Å². The summed E-state index contributed by atoms with van der Waals surface area (Å²) in [5, 5.41) is 24.9. The third kappa shape index (κ3) is 1.76. The zero-order chi connectivity index (χ0) is 13.6. The minimum atomic E-state index is -1.14. The average Bonchev–Trinajstić information content (AvgIpc) is 2.86. The monoisotopic (exact) mass is 259 g/mol. The van der Waals surface area contributed by atoms with E-state index in [9.17, 15) is 20.0 Å². The molecule has 1 N–H and O–H groups in total. The minimum absolute atomic E-state index is 0.0199. The summed E-state index contributed by atoms with van der Waals surface area (Å²) in [6, 6.07) is 3.69. The lowest BCUT2D eigenvalue weighted by Crippen LogP contribution is -2.48. The summed E-state index contributed by atoms with van der Waals surface area (Å²) in [6.45, 7) is 0. The van der Waals surface area contributed by atoms with Crippen molar-refractivity contribution < 1.29 is 14.8 Å². The van der Waals surface area contributed by atoms with Crippen molar-refractivity contribution in [2.45, 2.75) is 18.4 Å². The van der Waals surface area contributed by atoms with Crippen molar-refractivity contribution in [3.63, 3.8) is 0 Å². The number of nitro benzene ring substituents is 1. The van der Waals surface area contributed by atoms with E-state index in [1.807, 2.05) is 12.2 Å². The van der Waals surface area contributed by atoms with Gasteiger partial charge in [0.1, 0.15) is 0 Å². The topological polar surface area (TPSA) is 95.3 Å². The molecule has 0 unspecified atom stereocenters. The maximum absolute atomic E-state index is 11.2. The second-order valence-corrected chi connectivity index (χ2v) is 4.82. The molecule has 1 aliphatic carbocycles. The lowest BCUT2D eigenvalue weighted by Gasteiger charge is -2.37. The second kappa shape index (κ2) is 4.08. The molecule has 0 aromatic heterocycles. The van der Waals surface area contributed by atoms with Gasteiger partial charge in [-0.25, -0.2) is 0 Å². The van der Waals surface area contributed by atoms with E-state index in [1.165, 1.54) is 12.1 Å². The highest BCUT2D eigenvalue weighted by atomic mass is 16.6. The lowest BCUT2D eigenvalue weighted by molar-refractivity contribution is -0.384. The SMILES string of the molecule is O=C([O-])[C@@H]1Nc2ccc([N+](=O)[O-])cc2[C@@H]2C=CC[C@H]12. The molecular formula is C13H11N2O4-. The van der Waals surface area contributed by atoms with Gasteiger partial charge in [0.2, 0.25) is 0 Å². The van der Waals surface area contributed by atoms with E-state index in [4.69, 9.17) is 0 Å². The number of nitrogens with one attached hydrogen (secondary N) is 1. The zero-order valence-corrected chi connectivity index (χ0v) is 9.91. The molecule has 0 amide bonds. The van der Waals surface area contributed by atoms with Crippen LogP contribution in [-0.2, 0) is 4.79 Å². The fourth-order valence-corrected chi connectivity index (χ4v) is 2.93. The quantitative estimate of drug-likeness (QED) is 0.481. The van der Waals surface area contributed by atoms with Gasteiger partial charge in [0.05, 0.1) is 16.9 Å². The molecular weight excluding hydrogens is 248 g/mol. The molecule has 6 nitrogen and oxygen atoms in total. The van der Waals surface area contributed by atoms with Gasteiger partial charge in [0, 0.05) is 23.7 Å². The Morgan fingerprint density at radius 2 is 2.21 bits per heavy atom. The molecule has 0 saturated heterocycles. The van der Waals surface area contributed by atoms with E-state index in [0.717, 1.165) is 5.56 Å². The van der Waals surface area contributed by atoms with Gasteiger partial charge in [-0.3, -0.25) is 10.1 Å². The van der Waals surface area contributed by atoms with Crippen LogP contribution < -0.4 is 10.4 Å². The van der Waals surface area contributed by atoms with Crippen LogP contribution in [0, 0.1) is 16.0 Å². The lowest BCUT2D eigenvalue weighted by atomic mass is 9.79. The van der Waals surface area contributed by atoms with E-state index >= 15 is 0 Å². The predicted molar refractivity (Wildman–Crippen MR) is 65.5 cm³/mol. The number of nitrogens with zero attached hydrogens (tertiary/aromatic N) is 1. The molecule has 0 bridgehead atoms. The van der Waals surface area contributed by atoms with Gasteiger partial charge >= 0.3 is 0 Å². The highest BCUT2D eigenvalue weighted by molar-refractivity contribution is 5.79. The number of hydrogen-bond acceptors (Lipinski definition) is 5. The van der Waals surface area contributed by atoms with Crippen LogP contribution in [0.5, 0.6) is 0 Å². The van der Waals surface area contributed by atoms with Gasteiger partial charge in [-0.05, 0) is 24.0 Å². The highest BCUT2D eigenvalue weighted by Crippen LogP contribution is 2.45. The van der Waals surface area contributed by atoms with Gasteiger partial charge in [0.25, 0.3) is 5.69 Å². The fourth-order valence-electron chi connectivity index (χ4n) is 2.93. The first kappa shape index (κ1) is 11.7. The Balaban J connectivity index is 2.08. The number of carbonyl (C=O) groups excluding carboxylic acids is 1. The van der Waals surface area contributed by atoms with Crippen molar-refractivity contribution in [3.8, 4) is 0 Å². The van der Waals surface area contributed by atoms with Crippen LogP contribution in [0.4, 0.5) is 11.4 Å². The number of allylic oxidation sites excluding steroid dienone is 2. The number of carboxylic acid groups (broad SMARTS) is 1. The Labute approximate surface area is 108 Å². The number of anilines is 1. The van der Waals surface area contributed by atoms with E-state index in [0.29, 0.717) is 12.1 Å². The molecule has 0 radical (unpaired) electrons. The normalized spacial score (nSPS) is 27.3. The largest absolute Gasteiger partial charge is 0.548 e. The molecule has 1 aliphatic heterocycles. The minimum Gasteiger partial charge on any atom is -0.548 e. The van der Waals surface area contributed by atoms with E-state index < -0.39 is 16.9 Å². The molecule has 1 heterocycles. The first-order valence-corrected chi connectivity index (χ1v) is 6.00. The van der Waals surface area contributed by atoms with E-state index in [2.05, 4.69) is 5.32 Å². The standard InChI is InChI=1S/C13H12N2O4/c16-13(17)12-9-3-1-2-8(9)10-6-7(15(18)19)4-5-11(10)14-12/h1-2,4-6,8-9,12,14H,3H2,(H,16,17)/p-1/t8-,9+,12-/m1/s1. The molecule has 0 fully saturated rings. The van der Waals surface area contributed by atoms with Crippen LogP contribution in [0.15, 0.2) is 30.4 Å². The van der Waals surface area contributed by atoms with Crippen molar-refractivity contribution in [2.75, 3.05) is 5.32 Å². The van der Waals surface area contributed by atoms with Gasteiger partial charge in [-0.2, -0.15) is 0 Å². The molecule has 3 rings (SSSR count). The number of benzene rings is 1. The van der Waals surface area contributed by atoms with Crippen LogP contribution in [-0.4, -0.2) is 16.9 Å². The molecule has 1 aromatic rings. The number of non-ortho nitro benzene ring substituents is 1. The average molecular weight is 259 g/mol. The maximum atomic E-state index is 11.2. The van der Waals surface area contributed by atoms with Crippen LogP contribution in [0.2, 0.25) is 0 Å². The van der Waals surface area contributed by atoms with Crippen LogP contribution >= 0.6 is 0 Å². The third-order valence-corrected chi connectivity index (χ3v) is 3.81. The summed E-state index contributed by atoms with van der Waals surface area (Å²) < 4.78 is 0. The Morgan fingerprint density at radius 3 is 2.89 bits per heavy atom. The first-order valence-electron chi connectivity index (χ1n) is 6.00. The maximum Gasteiger partial charge on any atom is 0.269 e. The third-order valence-electron chi connectivity index (χ3n) is 3.81. The number of hydrogen-bond donors (Lipinski definition) is 1. The van der Waals surface area contributed by atoms with Crippen molar-refractivity contribution >= 4 is 17.3 Å². The number of carbonyl (C=O) groups is 1. The Hall–Kier alpha value is -2.37. The van der Waals surface area contributed by atoms with Gasteiger partial charge in [0.15, 0.2) is 0 Å². The molecule has 0 saturated carbocycles. The molecule has 6 heteroatoms. The molecule has 98 valence electrons. The Morgan fingerprint density at radius 1 is 1.42 bits per heavy atom. The number of aliphatic carboxylic acids is 1. The van der Waals surface area contributed by atoms with E-state index in [-0.39, 0.29) is 17.5 Å². The van der Waals surface area contributed by atoms with E-state index in [1.54, 1.807) is 6.07 Å². The predicted octanol–water partition coefficient (Wildman–Crippen LogP) is 0.798. The van der Waals surface area contributed by atoms with Crippen molar-refractivity contribution in [3.05, 3.63) is 46.0 Å². The van der Waals surface area contributed by atoms with Crippen LogP contribution in [0.3, 0.4) is 0 Å². The molecule has 2 aliphatic rings. The Bertz CT molecular complexity index is 596. The number of nitro groups is 1. The molecule has 3 atom stereocenters. The van der Waals surface area contributed by atoms with Gasteiger partial charge in [-0.1, -0.05) is 12.2 Å². The van der Waals surface area contributed by atoms with Crippen LogP contribution in [0.1, 0.15) is 17.9 Å². The summed E-state index contributed by atoms with van der Waals surface area (Å²) in [5.74, 6) is -1.37. The Kier molecular flexibility index (Phi) is 2.51. The highest BCUT2D eigenvalue weighted by Gasteiger charge is 2.38. The molecule has 1 aromatic carbocycles. The summed E-state index contributed by atoms with van der Waals surface area (Å²) in [4.78, 5) is 21.5.